The van der Waals surface area contributed by atoms with E-state index in [4.69, 9.17) is 0 Å². The molecule has 0 aliphatic carbocycles. The van der Waals surface area contributed by atoms with Crippen LogP contribution in [-0.2, 0) is 16.6 Å². The van der Waals surface area contributed by atoms with Gasteiger partial charge in [0.25, 0.3) is 5.91 Å². The maximum atomic E-state index is 12.9. The molecule has 7 heteroatoms. The number of amides is 1. The molecule has 2 aromatic carbocycles. The van der Waals surface area contributed by atoms with Gasteiger partial charge >= 0.3 is 0 Å². The standard InChI is InChI=1S/C22H29N3O3S/c1-17-7-12-20(29(27,28)25-13-5-4-6-14-25)15-21(17)22(26)23-16-18-8-10-19(11-9-18)24(2)3/h7-12,15H,4-6,13-14,16H2,1-3H3,(H,23,26). The zero-order chi connectivity index (χ0) is 21.0. The van der Waals surface area contributed by atoms with Crippen molar-refractivity contribution in [1.29, 1.82) is 0 Å². The summed E-state index contributed by atoms with van der Waals surface area (Å²) in [6, 6.07) is 12.7. The van der Waals surface area contributed by atoms with Crippen LogP contribution in [0.15, 0.2) is 47.4 Å². The molecule has 1 amide bonds. The molecule has 0 radical (unpaired) electrons. The number of piperidine rings is 1. The molecule has 0 spiro atoms. The van der Waals surface area contributed by atoms with Gasteiger partial charge in [-0.2, -0.15) is 4.31 Å². The lowest BCUT2D eigenvalue weighted by Crippen LogP contribution is -2.35. The van der Waals surface area contributed by atoms with Gasteiger partial charge in [-0.1, -0.05) is 24.6 Å². The van der Waals surface area contributed by atoms with Crippen LogP contribution < -0.4 is 10.2 Å². The molecule has 1 saturated heterocycles. The topological polar surface area (TPSA) is 69.7 Å². The van der Waals surface area contributed by atoms with Crippen molar-refractivity contribution < 1.29 is 13.2 Å². The number of nitrogens with zero attached hydrogens (tertiary/aromatic N) is 2. The van der Waals surface area contributed by atoms with E-state index >= 15 is 0 Å². The largest absolute Gasteiger partial charge is 0.378 e. The van der Waals surface area contributed by atoms with Crippen LogP contribution in [0.3, 0.4) is 0 Å². The summed E-state index contributed by atoms with van der Waals surface area (Å²) in [6.45, 7) is 3.29. The number of carbonyl (C=O) groups is 1. The number of carbonyl (C=O) groups excluding carboxylic acids is 1. The average molecular weight is 416 g/mol. The van der Waals surface area contributed by atoms with Gasteiger partial charge in [0.1, 0.15) is 0 Å². The van der Waals surface area contributed by atoms with Crippen LogP contribution in [0.2, 0.25) is 0 Å². The Morgan fingerprint density at radius 2 is 1.69 bits per heavy atom. The molecule has 6 nitrogen and oxygen atoms in total. The van der Waals surface area contributed by atoms with Gasteiger partial charge in [0.05, 0.1) is 4.90 Å². The van der Waals surface area contributed by atoms with Gasteiger partial charge in [0.2, 0.25) is 10.0 Å². The number of anilines is 1. The van der Waals surface area contributed by atoms with Crippen molar-refractivity contribution in [1.82, 2.24) is 9.62 Å². The third-order valence-electron chi connectivity index (χ3n) is 5.31. The maximum Gasteiger partial charge on any atom is 0.251 e. The van der Waals surface area contributed by atoms with E-state index in [2.05, 4.69) is 5.32 Å². The predicted molar refractivity (Wildman–Crippen MR) is 116 cm³/mol. The van der Waals surface area contributed by atoms with Crippen molar-refractivity contribution in [2.24, 2.45) is 0 Å². The van der Waals surface area contributed by atoms with Crippen LogP contribution in [0.25, 0.3) is 0 Å². The lowest BCUT2D eigenvalue weighted by Gasteiger charge is -2.26. The second kappa shape index (κ2) is 8.97. The minimum absolute atomic E-state index is 0.186. The molecule has 1 heterocycles. The summed E-state index contributed by atoms with van der Waals surface area (Å²) in [7, 11) is 0.387. The Bertz CT molecular complexity index is 963. The summed E-state index contributed by atoms with van der Waals surface area (Å²) in [6.07, 6.45) is 2.82. The highest BCUT2D eigenvalue weighted by Crippen LogP contribution is 2.23. The summed E-state index contributed by atoms with van der Waals surface area (Å²) in [5.41, 5.74) is 3.22. The SMILES string of the molecule is Cc1ccc(S(=O)(=O)N2CCCCC2)cc1C(=O)NCc1ccc(N(C)C)cc1. The zero-order valence-electron chi connectivity index (χ0n) is 17.3. The first-order valence-electron chi connectivity index (χ1n) is 9.94. The minimum Gasteiger partial charge on any atom is -0.378 e. The second-order valence-corrected chi connectivity index (χ2v) is 9.62. The molecule has 2 aromatic rings. The first-order chi connectivity index (χ1) is 13.8. The molecule has 0 aromatic heterocycles. The summed E-state index contributed by atoms with van der Waals surface area (Å²) in [4.78, 5) is 14.9. The first kappa shape index (κ1) is 21.3. The number of benzene rings is 2. The molecule has 0 saturated carbocycles. The Labute approximate surface area is 173 Å². The fourth-order valence-corrected chi connectivity index (χ4v) is 4.99. The van der Waals surface area contributed by atoms with Crippen molar-refractivity contribution in [3.8, 4) is 0 Å². The van der Waals surface area contributed by atoms with E-state index < -0.39 is 10.0 Å². The summed E-state index contributed by atoms with van der Waals surface area (Å²) < 4.78 is 27.4. The second-order valence-electron chi connectivity index (χ2n) is 7.69. The number of hydrogen-bond donors (Lipinski definition) is 1. The first-order valence-corrected chi connectivity index (χ1v) is 11.4. The third kappa shape index (κ3) is 4.97. The lowest BCUT2D eigenvalue weighted by molar-refractivity contribution is 0.0950. The predicted octanol–water partition coefficient (Wildman–Crippen LogP) is 3.17. The van der Waals surface area contributed by atoms with Gasteiger partial charge in [-0.3, -0.25) is 4.79 Å². The van der Waals surface area contributed by atoms with Gasteiger partial charge in [-0.25, -0.2) is 8.42 Å². The van der Waals surface area contributed by atoms with Crippen LogP contribution in [0.5, 0.6) is 0 Å². The Balaban J connectivity index is 1.74. The minimum atomic E-state index is -3.57. The van der Waals surface area contributed by atoms with Gasteiger partial charge in [-0.15, -0.1) is 0 Å². The Morgan fingerprint density at radius 1 is 1.03 bits per heavy atom. The average Bonchev–Trinajstić information content (AvgIpc) is 2.73. The van der Waals surface area contributed by atoms with Crippen molar-refractivity contribution in [3.63, 3.8) is 0 Å². The molecule has 156 valence electrons. The van der Waals surface area contributed by atoms with Crippen LogP contribution in [0.1, 0.15) is 40.7 Å². The van der Waals surface area contributed by atoms with E-state index in [-0.39, 0.29) is 10.8 Å². The molecule has 0 unspecified atom stereocenters. The molecule has 0 bridgehead atoms. The van der Waals surface area contributed by atoms with Crippen molar-refractivity contribution in [2.75, 3.05) is 32.1 Å². The Hall–Kier alpha value is -2.38. The van der Waals surface area contributed by atoms with Crippen LogP contribution in [0, 0.1) is 6.92 Å². The quantitative estimate of drug-likeness (QED) is 0.787. The van der Waals surface area contributed by atoms with Crippen LogP contribution in [0.4, 0.5) is 5.69 Å². The molecule has 3 rings (SSSR count). The van der Waals surface area contributed by atoms with E-state index in [0.29, 0.717) is 25.2 Å². The van der Waals surface area contributed by atoms with E-state index in [0.717, 1.165) is 36.1 Å². The van der Waals surface area contributed by atoms with Crippen molar-refractivity contribution in [3.05, 3.63) is 59.2 Å². The maximum absolute atomic E-state index is 12.9. The number of aryl methyl sites for hydroxylation is 1. The number of sulfonamides is 1. The van der Waals surface area contributed by atoms with Gasteiger partial charge < -0.3 is 10.2 Å². The summed E-state index contributed by atoms with van der Waals surface area (Å²) in [5.74, 6) is -0.269. The highest BCUT2D eigenvalue weighted by Gasteiger charge is 2.27. The molecule has 1 fully saturated rings. The van der Waals surface area contributed by atoms with E-state index in [1.807, 2.05) is 50.2 Å². The van der Waals surface area contributed by atoms with E-state index in [1.54, 1.807) is 12.1 Å². The monoisotopic (exact) mass is 415 g/mol. The fraction of sp³-hybridized carbons (Fsp3) is 0.409. The Kier molecular flexibility index (Phi) is 6.59. The zero-order valence-corrected chi connectivity index (χ0v) is 18.1. The number of hydrogen-bond acceptors (Lipinski definition) is 4. The smallest absolute Gasteiger partial charge is 0.251 e. The molecular weight excluding hydrogens is 386 g/mol. The number of nitrogens with one attached hydrogen (secondary N) is 1. The molecular formula is C22H29N3O3S. The number of rotatable bonds is 6. The fourth-order valence-electron chi connectivity index (χ4n) is 3.45. The van der Waals surface area contributed by atoms with Gasteiger partial charge in [0, 0.05) is 45.0 Å². The highest BCUT2D eigenvalue weighted by molar-refractivity contribution is 7.89. The molecule has 1 N–H and O–H groups in total. The van der Waals surface area contributed by atoms with Crippen LogP contribution >= 0.6 is 0 Å². The van der Waals surface area contributed by atoms with E-state index in [1.165, 1.54) is 10.4 Å². The van der Waals surface area contributed by atoms with Crippen molar-refractivity contribution in [2.45, 2.75) is 37.6 Å². The van der Waals surface area contributed by atoms with Gasteiger partial charge in [0.15, 0.2) is 0 Å². The molecule has 1 aliphatic rings. The van der Waals surface area contributed by atoms with E-state index in [9.17, 15) is 13.2 Å². The van der Waals surface area contributed by atoms with Crippen molar-refractivity contribution >= 4 is 21.6 Å². The molecule has 0 atom stereocenters. The molecule has 29 heavy (non-hydrogen) atoms. The normalized spacial score (nSPS) is 15.1. The summed E-state index contributed by atoms with van der Waals surface area (Å²) >= 11 is 0. The van der Waals surface area contributed by atoms with Crippen LogP contribution in [-0.4, -0.2) is 45.8 Å². The highest BCUT2D eigenvalue weighted by atomic mass is 32.2. The Morgan fingerprint density at radius 3 is 2.31 bits per heavy atom. The third-order valence-corrected chi connectivity index (χ3v) is 7.21. The molecule has 1 aliphatic heterocycles. The lowest BCUT2D eigenvalue weighted by atomic mass is 10.1. The summed E-state index contributed by atoms with van der Waals surface area (Å²) in [5, 5.41) is 2.90. The van der Waals surface area contributed by atoms with Gasteiger partial charge in [-0.05, 0) is 55.2 Å².